The topological polar surface area (TPSA) is 47.6 Å². The summed E-state index contributed by atoms with van der Waals surface area (Å²) in [6.07, 6.45) is 0.892. The SMILES string of the molecule is CCCOc1c(Br)cc(C(=O)Nc2c(C)cccc2C(C)C)cc1OC. The van der Waals surface area contributed by atoms with Crippen LogP contribution < -0.4 is 14.8 Å². The molecule has 0 radical (unpaired) electrons. The van der Waals surface area contributed by atoms with Gasteiger partial charge in [0.05, 0.1) is 18.2 Å². The van der Waals surface area contributed by atoms with Crippen molar-refractivity contribution in [3.8, 4) is 11.5 Å². The van der Waals surface area contributed by atoms with Crippen LogP contribution in [0.4, 0.5) is 5.69 Å². The van der Waals surface area contributed by atoms with Crippen molar-refractivity contribution in [3.05, 3.63) is 51.5 Å². The van der Waals surface area contributed by atoms with Crippen molar-refractivity contribution in [1.82, 2.24) is 0 Å². The number of para-hydroxylation sites is 1. The number of carbonyl (C=O) groups excluding carboxylic acids is 1. The van der Waals surface area contributed by atoms with E-state index in [9.17, 15) is 4.79 Å². The van der Waals surface area contributed by atoms with Gasteiger partial charge in [0, 0.05) is 11.3 Å². The minimum absolute atomic E-state index is 0.178. The van der Waals surface area contributed by atoms with Gasteiger partial charge in [-0.2, -0.15) is 0 Å². The molecule has 26 heavy (non-hydrogen) atoms. The van der Waals surface area contributed by atoms with E-state index < -0.39 is 0 Å². The van der Waals surface area contributed by atoms with E-state index in [2.05, 4.69) is 35.1 Å². The molecule has 0 aromatic heterocycles. The van der Waals surface area contributed by atoms with Crippen LogP contribution in [-0.4, -0.2) is 19.6 Å². The average molecular weight is 420 g/mol. The van der Waals surface area contributed by atoms with Gasteiger partial charge in [-0.3, -0.25) is 4.79 Å². The normalized spacial score (nSPS) is 10.7. The number of nitrogens with one attached hydrogen (secondary N) is 1. The number of benzene rings is 2. The van der Waals surface area contributed by atoms with E-state index in [1.807, 2.05) is 32.0 Å². The molecular formula is C21H26BrNO3. The summed E-state index contributed by atoms with van der Waals surface area (Å²) in [6.45, 7) is 8.85. The van der Waals surface area contributed by atoms with Crippen molar-refractivity contribution in [2.75, 3.05) is 19.0 Å². The van der Waals surface area contributed by atoms with Crippen LogP contribution in [-0.2, 0) is 0 Å². The minimum atomic E-state index is -0.178. The van der Waals surface area contributed by atoms with Crippen LogP contribution in [0.5, 0.6) is 11.5 Å². The fourth-order valence-electron chi connectivity index (χ4n) is 2.72. The van der Waals surface area contributed by atoms with Crippen LogP contribution in [0.1, 0.15) is 54.6 Å². The molecule has 5 heteroatoms. The Bertz CT molecular complexity index is 787. The molecule has 0 aliphatic carbocycles. The van der Waals surface area contributed by atoms with E-state index in [1.165, 1.54) is 0 Å². The molecule has 0 atom stereocenters. The Morgan fingerprint density at radius 3 is 2.62 bits per heavy atom. The van der Waals surface area contributed by atoms with Crippen molar-refractivity contribution >= 4 is 27.5 Å². The number of carbonyl (C=O) groups is 1. The first kappa shape index (κ1) is 20.3. The molecule has 0 bridgehead atoms. The number of anilines is 1. The number of halogens is 1. The Hall–Kier alpha value is -2.01. The van der Waals surface area contributed by atoms with Gasteiger partial charge in [0.1, 0.15) is 0 Å². The van der Waals surface area contributed by atoms with E-state index in [-0.39, 0.29) is 5.91 Å². The van der Waals surface area contributed by atoms with Crippen molar-refractivity contribution in [2.45, 2.75) is 40.0 Å². The summed E-state index contributed by atoms with van der Waals surface area (Å²) >= 11 is 3.49. The Labute approximate surface area is 164 Å². The van der Waals surface area contributed by atoms with Gasteiger partial charge in [0.2, 0.25) is 0 Å². The van der Waals surface area contributed by atoms with Gasteiger partial charge in [0.25, 0.3) is 5.91 Å². The quantitative estimate of drug-likeness (QED) is 0.604. The molecule has 140 valence electrons. The molecule has 1 N–H and O–H groups in total. The lowest BCUT2D eigenvalue weighted by molar-refractivity contribution is 0.102. The van der Waals surface area contributed by atoms with E-state index in [4.69, 9.17) is 9.47 Å². The van der Waals surface area contributed by atoms with Crippen LogP contribution in [0.2, 0.25) is 0 Å². The smallest absolute Gasteiger partial charge is 0.255 e. The molecule has 0 aliphatic heterocycles. The molecule has 2 aromatic rings. The summed E-state index contributed by atoms with van der Waals surface area (Å²) in [4.78, 5) is 12.9. The predicted octanol–water partition coefficient (Wildman–Crippen LogP) is 5.93. The third-order valence-corrected chi connectivity index (χ3v) is 4.70. The number of hydrogen-bond acceptors (Lipinski definition) is 3. The summed E-state index contributed by atoms with van der Waals surface area (Å²) in [5.41, 5.74) is 3.54. The van der Waals surface area contributed by atoms with E-state index in [0.717, 1.165) is 23.2 Å². The molecule has 0 fully saturated rings. The maximum atomic E-state index is 12.9. The Morgan fingerprint density at radius 2 is 2.00 bits per heavy atom. The minimum Gasteiger partial charge on any atom is -0.493 e. The van der Waals surface area contributed by atoms with Gasteiger partial charge in [-0.15, -0.1) is 0 Å². The number of aryl methyl sites for hydroxylation is 1. The molecule has 0 heterocycles. The second-order valence-corrected chi connectivity index (χ2v) is 7.34. The number of rotatable bonds is 7. The summed E-state index contributed by atoms with van der Waals surface area (Å²) < 4.78 is 11.8. The largest absolute Gasteiger partial charge is 0.493 e. The highest BCUT2D eigenvalue weighted by Gasteiger charge is 2.18. The van der Waals surface area contributed by atoms with Crippen LogP contribution in [0.25, 0.3) is 0 Å². The van der Waals surface area contributed by atoms with E-state index in [1.54, 1.807) is 19.2 Å². The van der Waals surface area contributed by atoms with Gasteiger partial charge in [-0.25, -0.2) is 0 Å². The first-order valence-electron chi connectivity index (χ1n) is 8.80. The molecule has 0 spiro atoms. The molecule has 0 aliphatic rings. The van der Waals surface area contributed by atoms with Crippen molar-refractivity contribution in [2.24, 2.45) is 0 Å². The molecule has 0 saturated heterocycles. The van der Waals surface area contributed by atoms with E-state index >= 15 is 0 Å². The van der Waals surface area contributed by atoms with E-state index in [0.29, 0.717) is 34.1 Å². The Morgan fingerprint density at radius 1 is 1.27 bits per heavy atom. The summed E-state index contributed by atoms with van der Waals surface area (Å²) in [7, 11) is 1.57. The molecular weight excluding hydrogens is 394 g/mol. The van der Waals surface area contributed by atoms with Gasteiger partial charge < -0.3 is 14.8 Å². The van der Waals surface area contributed by atoms with Gasteiger partial charge in [-0.1, -0.05) is 39.0 Å². The van der Waals surface area contributed by atoms with Gasteiger partial charge in [0.15, 0.2) is 11.5 Å². The summed E-state index contributed by atoms with van der Waals surface area (Å²) in [5.74, 6) is 1.29. The van der Waals surface area contributed by atoms with Crippen molar-refractivity contribution in [3.63, 3.8) is 0 Å². The third-order valence-electron chi connectivity index (χ3n) is 4.11. The van der Waals surface area contributed by atoms with Crippen molar-refractivity contribution in [1.29, 1.82) is 0 Å². The first-order valence-corrected chi connectivity index (χ1v) is 9.59. The fraction of sp³-hybridized carbons (Fsp3) is 0.381. The molecule has 4 nitrogen and oxygen atoms in total. The lowest BCUT2D eigenvalue weighted by Gasteiger charge is -2.17. The lowest BCUT2D eigenvalue weighted by Crippen LogP contribution is -2.15. The van der Waals surface area contributed by atoms with Gasteiger partial charge >= 0.3 is 0 Å². The highest BCUT2D eigenvalue weighted by Crippen LogP contribution is 2.37. The highest BCUT2D eigenvalue weighted by atomic mass is 79.9. The molecule has 1 amide bonds. The summed E-state index contributed by atoms with van der Waals surface area (Å²) in [6, 6.07) is 9.53. The first-order chi connectivity index (χ1) is 12.4. The van der Waals surface area contributed by atoms with Crippen LogP contribution in [0.15, 0.2) is 34.8 Å². The predicted molar refractivity (Wildman–Crippen MR) is 110 cm³/mol. The van der Waals surface area contributed by atoms with Gasteiger partial charge in [-0.05, 0) is 58.5 Å². The van der Waals surface area contributed by atoms with Crippen molar-refractivity contribution < 1.29 is 14.3 Å². The molecule has 2 aromatic carbocycles. The van der Waals surface area contributed by atoms with Crippen LogP contribution >= 0.6 is 15.9 Å². The number of amides is 1. The number of methoxy groups -OCH3 is 1. The van der Waals surface area contributed by atoms with Crippen LogP contribution in [0.3, 0.4) is 0 Å². The third kappa shape index (κ3) is 4.58. The standard InChI is InChI=1S/C21H26BrNO3/c1-6-10-26-20-17(22)11-15(12-18(20)25-5)21(24)23-19-14(4)8-7-9-16(19)13(2)3/h7-9,11-13H,6,10H2,1-5H3,(H,23,24). The highest BCUT2D eigenvalue weighted by molar-refractivity contribution is 9.10. The summed E-state index contributed by atoms with van der Waals surface area (Å²) in [5, 5.41) is 3.06. The second kappa shape index (κ2) is 9.08. The zero-order chi connectivity index (χ0) is 19.3. The average Bonchev–Trinajstić information content (AvgIpc) is 2.61. The maximum absolute atomic E-state index is 12.9. The van der Waals surface area contributed by atoms with Crippen LogP contribution in [0, 0.1) is 6.92 Å². The monoisotopic (exact) mass is 419 g/mol. The molecule has 0 unspecified atom stereocenters. The Balaban J connectivity index is 2.35. The second-order valence-electron chi connectivity index (χ2n) is 6.49. The maximum Gasteiger partial charge on any atom is 0.255 e. The molecule has 2 rings (SSSR count). The lowest BCUT2D eigenvalue weighted by atomic mass is 9.98. The number of hydrogen-bond donors (Lipinski definition) is 1. The zero-order valence-corrected chi connectivity index (χ0v) is 17.6. The molecule has 0 saturated carbocycles. The zero-order valence-electron chi connectivity index (χ0n) is 16.0. The fourth-order valence-corrected chi connectivity index (χ4v) is 3.28. The number of ether oxygens (including phenoxy) is 2. The Kier molecular flexibility index (Phi) is 7.09.